The molecule has 10 N–H and O–H groups in total. The standard InChI is InChI=1S/C49H63N11O7/c1-5-6-7-8-9-43-55-28-35(29-56-43)33-11-13-36(30(2)24-33)46(62)58-39(16-17-50)49(65)60(4)44-34-12-15-42(67-23-20-53)38(27-34)37-25-32(10-14-41(37)66-22-19-52)26-40(47(63)54-21-18-51)59-45(61)31(3)57-48(44)64/h10-15,24-25,27-29,31,39-40,44H,5-9,16-17,19-23,26,50,52-53H2,1-4H3,(H,54,63)(H,57,64)(H,58,62)(H,59,61). The third-order valence-electron chi connectivity index (χ3n) is 11.4. The topological polar surface area (TPSA) is 283 Å². The predicted molar refractivity (Wildman–Crippen MR) is 253 cm³/mol. The van der Waals surface area contributed by atoms with Gasteiger partial charge >= 0.3 is 0 Å². The fourth-order valence-electron chi connectivity index (χ4n) is 7.81. The van der Waals surface area contributed by atoms with Crippen LogP contribution in [0, 0.1) is 18.3 Å². The molecular weight excluding hydrogens is 855 g/mol. The third kappa shape index (κ3) is 13.6. The lowest BCUT2D eigenvalue weighted by atomic mass is 9.93. The Labute approximate surface area is 391 Å². The van der Waals surface area contributed by atoms with Crippen LogP contribution in [0.2, 0.25) is 0 Å². The van der Waals surface area contributed by atoms with Crippen molar-refractivity contribution in [2.24, 2.45) is 17.2 Å². The van der Waals surface area contributed by atoms with E-state index < -0.39 is 53.7 Å². The number of ether oxygens (including phenoxy) is 2. The van der Waals surface area contributed by atoms with Gasteiger partial charge in [0.2, 0.25) is 23.6 Å². The minimum absolute atomic E-state index is 0.00631. The SMILES string of the molecule is CCCCCCc1ncc(-c2ccc(C(=O)NC(CCN)C(=O)N(C)C3C(=O)NC(C)C(=O)NC(C(=O)NCC#N)Cc4ccc(OCCN)c(c4)-c4cc3ccc4OCCN)c(C)c2)cn1. The highest BCUT2D eigenvalue weighted by molar-refractivity contribution is 6.00. The summed E-state index contributed by atoms with van der Waals surface area (Å²) in [6.45, 7) is 5.82. The number of nitrogens with two attached hydrogens (primary N) is 3. The molecule has 0 aliphatic carbocycles. The Balaban J connectivity index is 1.51. The second-order valence-electron chi connectivity index (χ2n) is 16.4. The Bertz CT molecular complexity index is 2410. The van der Waals surface area contributed by atoms with E-state index in [4.69, 9.17) is 26.7 Å². The van der Waals surface area contributed by atoms with Crippen LogP contribution in [-0.4, -0.2) is 109 Å². The number of benzene rings is 3. The zero-order valence-electron chi connectivity index (χ0n) is 38.7. The number of hydrogen-bond donors (Lipinski definition) is 7. The van der Waals surface area contributed by atoms with E-state index in [0.29, 0.717) is 44.9 Å². The monoisotopic (exact) mass is 917 g/mol. The lowest BCUT2D eigenvalue weighted by molar-refractivity contribution is -0.141. The first-order valence-corrected chi connectivity index (χ1v) is 22.7. The largest absolute Gasteiger partial charge is 0.492 e. The van der Waals surface area contributed by atoms with Crippen LogP contribution in [0.15, 0.2) is 67.0 Å². The molecule has 356 valence electrons. The Morgan fingerprint density at radius 1 is 0.881 bits per heavy atom. The number of hydrogen-bond acceptors (Lipinski definition) is 13. The number of aryl methyl sites for hydroxylation is 2. The molecule has 4 aromatic rings. The lowest BCUT2D eigenvalue weighted by Gasteiger charge is -2.32. The van der Waals surface area contributed by atoms with Crippen molar-refractivity contribution >= 4 is 29.5 Å². The van der Waals surface area contributed by atoms with Crippen LogP contribution in [0.1, 0.15) is 84.9 Å². The molecule has 2 heterocycles. The first-order valence-electron chi connectivity index (χ1n) is 22.7. The van der Waals surface area contributed by atoms with Crippen LogP contribution < -0.4 is 47.9 Å². The Hall–Kier alpha value is -6.94. The molecule has 5 amide bonds. The summed E-state index contributed by atoms with van der Waals surface area (Å²) in [5, 5.41) is 20.0. The smallest absolute Gasteiger partial charge is 0.252 e. The molecule has 0 saturated carbocycles. The van der Waals surface area contributed by atoms with Gasteiger partial charge < -0.3 is 52.8 Å². The number of aromatic nitrogens is 2. The molecule has 1 aliphatic heterocycles. The number of nitrogens with zero attached hydrogens (tertiary/aromatic N) is 4. The Kier molecular flexibility index (Phi) is 19.1. The molecule has 4 unspecified atom stereocenters. The first-order chi connectivity index (χ1) is 32.3. The minimum atomic E-state index is -1.39. The summed E-state index contributed by atoms with van der Waals surface area (Å²) in [7, 11) is 1.43. The van der Waals surface area contributed by atoms with Gasteiger partial charge in [-0.15, -0.1) is 0 Å². The highest BCUT2D eigenvalue weighted by Gasteiger charge is 2.36. The van der Waals surface area contributed by atoms with Gasteiger partial charge in [0.15, 0.2) is 0 Å². The van der Waals surface area contributed by atoms with Crippen LogP contribution in [-0.2, 0) is 32.0 Å². The summed E-state index contributed by atoms with van der Waals surface area (Å²) in [5.41, 5.74) is 22.2. The van der Waals surface area contributed by atoms with Crippen molar-refractivity contribution in [3.63, 3.8) is 0 Å². The molecule has 18 nitrogen and oxygen atoms in total. The lowest BCUT2D eigenvalue weighted by Crippen LogP contribution is -2.56. The van der Waals surface area contributed by atoms with Crippen molar-refractivity contribution in [1.29, 1.82) is 5.26 Å². The first kappa shape index (κ1) is 51.1. The summed E-state index contributed by atoms with van der Waals surface area (Å²) in [5.74, 6) is -1.64. The van der Waals surface area contributed by atoms with E-state index in [2.05, 4.69) is 38.2 Å². The molecule has 0 radical (unpaired) electrons. The zero-order valence-corrected chi connectivity index (χ0v) is 38.7. The van der Waals surface area contributed by atoms with Crippen molar-refractivity contribution in [3.8, 4) is 39.8 Å². The summed E-state index contributed by atoms with van der Waals surface area (Å²) in [6, 6.07) is 12.5. The van der Waals surface area contributed by atoms with Gasteiger partial charge in [0.25, 0.3) is 5.91 Å². The number of carbonyl (C=O) groups is 5. The van der Waals surface area contributed by atoms with Crippen LogP contribution in [0.5, 0.6) is 11.5 Å². The molecule has 5 rings (SSSR count). The fraction of sp³-hybridized carbons (Fsp3) is 0.429. The molecular formula is C49H63N11O7. The molecule has 0 fully saturated rings. The van der Waals surface area contributed by atoms with Gasteiger partial charge in [-0.1, -0.05) is 50.5 Å². The molecule has 3 aromatic carbocycles. The number of fused-ring (bicyclic) bond motifs is 5. The number of nitrogens with one attached hydrogen (secondary N) is 4. The molecule has 0 spiro atoms. The minimum Gasteiger partial charge on any atom is -0.492 e. The molecule has 18 heteroatoms. The van der Waals surface area contributed by atoms with E-state index in [1.54, 1.807) is 67.8 Å². The van der Waals surface area contributed by atoms with Gasteiger partial charge in [0, 0.05) is 67.6 Å². The van der Waals surface area contributed by atoms with Crippen LogP contribution in [0.3, 0.4) is 0 Å². The normalized spacial score (nSPS) is 16.3. The molecule has 67 heavy (non-hydrogen) atoms. The molecule has 4 atom stereocenters. The number of likely N-dealkylation sites (N-methyl/N-ethyl adjacent to an activating group) is 1. The van der Waals surface area contributed by atoms with Crippen LogP contribution in [0.25, 0.3) is 22.3 Å². The fourth-order valence-corrected chi connectivity index (χ4v) is 7.81. The van der Waals surface area contributed by atoms with Crippen molar-refractivity contribution in [1.82, 2.24) is 36.1 Å². The molecule has 1 aliphatic rings. The number of carbonyl (C=O) groups excluding carboxylic acids is 5. The van der Waals surface area contributed by atoms with Gasteiger partial charge in [-0.3, -0.25) is 24.0 Å². The van der Waals surface area contributed by atoms with Crippen molar-refractivity contribution < 1.29 is 33.4 Å². The highest BCUT2D eigenvalue weighted by atomic mass is 16.5. The van der Waals surface area contributed by atoms with Gasteiger partial charge in [-0.2, -0.15) is 5.26 Å². The maximum absolute atomic E-state index is 14.7. The Morgan fingerprint density at radius 3 is 2.21 bits per heavy atom. The van der Waals surface area contributed by atoms with E-state index in [0.717, 1.165) is 42.6 Å². The van der Waals surface area contributed by atoms with E-state index in [1.807, 2.05) is 12.1 Å². The summed E-state index contributed by atoms with van der Waals surface area (Å²) < 4.78 is 12.2. The van der Waals surface area contributed by atoms with Crippen LogP contribution in [0.4, 0.5) is 0 Å². The van der Waals surface area contributed by atoms with Crippen molar-refractivity contribution in [2.75, 3.05) is 46.4 Å². The maximum atomic E-state index is 14.7. The zero-order chi connectivity index (χ0) is 48.5. The number of unbranched alkanes of at least 4 members (excludes halogenated alkanes) is 3. The number of rotatable bonds is 20. The maximum Gasteiger partial charge on any atom is 0.252 e. The van der Waals surface area contributed by atoms with E-state index >= 15 is 0 Å². The predicted octanol–water partition coefficient (Wildman–Crippen LogP) is 2.75. The van der Waals surface area contributed by atoms with E-state index in [1.165, 1.54) is 25.3 Å². The molecule has 0 saturated heterocycles. The second kappa shape index (κ2) is 25.1. The van der Waals surface area contributed by atoms with Gasteiger partial charge in [0.1, 0.15) is 61.2 Å². The third-order valence-corrected chi connectivity index (χ3v) is 11.4. The summed E-state index contributed by atoms with van der Waals surface area (Å²) in [4.78, 5) is 80.6. The van der Waals surface area contributed by atoms with Gasteiger partial charge in [0.05, 0.1) is 6.07 Å². The van der Waals surface area contributed by atoms with E-state index in [9.17, 15) is 29.2 Å². The highest BCUT2D eigenvalue weighted by Crippen LogP contribution is 2.40. The van der Waals surface area contributed by atoms with Gasteiger partial charge in [-0.05, 0) is 85.8 Å². The molecule has 4 bridgehead atoms. The van der Waals surface area contributed by atoms with Gasteiger partial charge in [-0.25, -0.2) is 9.97 Å². The van der Waals surface area contributed by atoms with E-state index in [-0.39, 0.29) is 52.2 Å². The summed E-state index contributed by atoms with van der Waals surface area (Å²) in [6.07, 6.45) is 8.89. The van der Waals surface area contributed by atoms with Crippen molar-refractivity contribution in [3.05, 3.63) is 95.1 Å². The number of amides is 5. The average molecular weight is 918 g/mol. The molecule has 1 aromatic heterocycles. The Morgan fingerprint density at radius 2 is 1.57 bits per heavy atom. The summed E-state index contributed by atoms with van der Waals surface area (Å²) >= 11 is 0. The van der Waals surface area contributed by atoms with Crippen molar-refractivity contribution in [2.45, 2.75) is 89.9 Å². The number of nitriles is 1. The quantitative estimate of drug-likeness (QED) is 0.0497. The average Bonchev–Trinajstić information content (AvgIpc) is 3.32. The van der Waals surface area contributed by atoms with Crippen LogP contribution >= 0.6 is 0 Å². The second-order valence-corrected chi connectivity index (χ2v) is 16.4.